The molecule has 3 nitrogen and oxygen atoms in total. The number of amides is 1. The summed E-state index contributed by atoms with van der Waals surface area (Å²) >= 11 is 0. The molecule has 1 saturated carbocycles. The van der Waals surface area contributed by atoms with Gasteiger partial charge in [-0.1, -0.05) is 40.0 Å². The van der Waals surface area contributed by atoms with E-state index in [0.717, 1.165) is 0 Å². The van der Waals surface area contributed by atoms with E-state index in [1.807, 2.05) is 0 Å². The van der Waals surface area contributed by atoms with Gasteiger partial charge in [-0.3, -0.25) is 4.79 Å². The molecule has 0 heterocycles. The van der Waals surface area contributed by atoms with Crippen LogP contribution < -0.4 is 11.1 Å². The third-order valence-corrected chi connectivity index (χ3v) is 4.26. The van der Waals surface area contributed by atoms with Crippen molar-refractivity contribution in [3.63, 3.8) is 0 Å². The Bertz CT molecular complexity index is 264. The molecule has 3 N–H and O–H groups in total. The highest BCUT2D eigenvalue weighted by Crippen LogP contribution is 2.26. The van der Waals surface area contributed by atoms with Crippen molar-refractivity contribution in [2.24, 2.45) is 17.1 Å². The summed E-state index contributed by atoms with van der Waals surface area (Å²) in [6.07, 6.45) is 6.92. The van der Waals surface area contributed by atoms with Crippen LogP contribution in [0.2, 0.25) is 0 Å². The highest BCUT2D eigenvalue weighted by atomic mass is 16.1. The van der Waals surface area contributed by atoms with E-state index in [1.54, 1.807) is 0 Å². The van der Waals surface area contributed by atoms with Crippen molar-refractivity contribution >= 4 is 5.91 Å². The van der Waals surface area contributed by atoms with Gasteiger partial charge in [0.15, 0.2) is 0 Å². The molecule has 0 aromatic heterocycles. The van der Waals surface area contributed by atoms with Gasteiger partial charge in [0.05, 0.1) is 0 Å². The maximum Gasteiger partial charge on any atom is 0.221 e. The number of nitrogens with one attached hydrogen (secondary N) is 1. The number of carbonyl (C=O) groups is 1. The van der Waals surface area contributed by atoms with Crippen molar-refractivity contribution in [2.45, 2.75) is 78.3 Å². The smallest absolute Gasteiger partial charge is 0.221 e. The summed E-state index contributed by atoms with van der Waals surface area (Å²) in [6, 6.07) is 0.223. The van der Waals surface area contributed by atoms with Crippen LogP contribution in [0.25, 0.3) is 0 Å². The Hall–Kier alpha value is -0.570. The van der Waals surface area contributed by atoms with E-state index in [-0.39, 0.29) is 17.4 Å². The molecule has 0 aliphatic heterocycles. The predicted octanol–water partition coefficient (Wildman–Crippen LogP) is 2.83. The predicted molar refractivity (Wildman–Crippen MR) is 76.2 cm³/mol. The fraction of sp³-hybridized carbons (Fsp3) is 0.933. The maximum atomic E-state index is 12.0. The lowest BCUT2D eigenvalue weighted by Crippen LogP contribution is -2.44. The third kappa shape index (κ3) is 4.97. The molecule has 1 amide bonds. The minimum atomic E-state index is -0.0731. The summed E-state index contributed by atoms with van der Waals surface area (Å²) in [6.45, 7) is 8.37. The van der Waals surface area contributed by atoms with Crippen molar-refractivity contribution in [3.8, 4) is 0 Å². The molecule has 3 heteroatoms. The zero-order chi connectivity index (χ0) is 13.8. The monoisotopic (exact) mass is 254 g/mol. The molecule has 0 saturated heterocycles. The lowest BCUT2D eigenvalue weighted by atomic mass is 9.83. The topological polar surface area (TPSA) is 55.1 Å². The quantitative estimate of drug-likeness (QED) is 0.810. The van der Waals surface area contributed by atoms with Crippen LogP contribution in [0.15, 0.2) is 0 Å². The van der Waals surface area contributed by atoms with Crippen LogP contribution in [0.3, 0.4) is 0 Å². The number of rotatable bonds is 4. The van der Waals surface area contributed by atoms with Crippen LogP contribution in [0.4, 0.5) is 0 Å². The molecule has 1 aliphatic rings. The standard InChI is InChI=1S/C15H30N2O/c1-11(12-8-6-5-7-9-12)17-14(18)10-13(16)15(2,3)4/h11-13H,5-10,16H2,1-4H3,(H,17,18)/t11-,13?/m0/s1. The highest BCUT2D eigenvalue weighted by Gasteiger charge is 2.25. The molecule has 1 fully saturated rings. The molecule has 1 aliphatic carbocycles. The first kappa shape index (κ1) is 15.5. The molecular formula is C15H30N2O. The minimum Gasteiger partial charge on any atom is -0.353 e. The van der Waals surface area contributed by atoms with Gasteiger partial charge in [0.25, 0.3) is 0 Å². The second kappa shape index (κ2) is 6.55. The van der Waals surface area contributed by atoms with Crippen molar-refractivity contribution in [2.75, 3.05) is 0 Å². The lowest BCUT2D eigenvalue weighted by molar-refractivity contribution is -0.123. The first-order chi connectivity index (χ1) is 8.30. The second-order valence-corrected chi connectivity index (χ2v) is 6.93. The Morgan fingerprint density at radius 2 is 1.83 bits per heavy atom. The van der Waals surface area contributed by atoms with Gasteiger partial charge >= 0.3 is 0 Å². The number of carbonyl (C=O) groups excluding carboxylic acids is 1. The summed E-state index contributed by atoms with van der Waals surface area (Å²) in [5.41, 5.74) is 6.04. The van der Waals surface area contributed by atoms with Crippen LogP contribution in [0, 0.1) is 11.3 Å². The van der Waals surface area contributed by atoms with E-state index in [1.165, 1.54) is 32.1 Å². The van der Waals surface area contributed by atoms with E-state index in [9.17, 15) is 4.79 Å². The number of hydrogen-bond donors (Lipinski definition) is 2. The van der Waals surface area contributed by atoms with Gasteiger partial charge in [-0.2, -0.15) is 0 Å². The van der Waals surface area contributed by atoms with Gasteiger partial charge in [0, 0.05) is 18.5 Å². The van der Waals surface area contributed by atoms with Crippen molar-refractivity contribution < 1.29 is 4.79 Å². The normalized spacial score (nSPS) is 21.4. The van der Waals surface area contributed by atoms with E-state index >= 15 is 0 Å². The molecule has 2 atom stereocenters. The maximum absolute atomic E-state index is 12.0. The minimum absolute atomic E-state index is 0.00852. The summed E-state index contributed by atoms with van der Waals surface area (Å²) in [4.78, 5) is 12.0. The molecule has 0 radical (unpaired) electrons. The lowest BCUT2D eigenvalue weighted by Gasteiger charge is -2.30. The Morgan fingerprint density at radius 3 is 2.33 bits per heavy atom. The Balaban J connectivity index is 2.35. The number of hydrogen-bond acceptors (Lipinski definition) is 2. The van der Waals surface area contributed by atoms with Crippen LogP contribution in [0.5, 0.6) is 0 Å². The number of nitrogens with two attached hydrogens (primary N) is 1. The van der Waals surface area contributed by atoms with Gasteiger partial charge in [0.2, 0.25) is 5.91 Å². The average molecular weight is 254 g/mol. The average Bonchev–Trinajstić information content (AvgIpc) is 2.28. The summed E-state index contributed by atoms with van der Waals surface area (Å²) in [5, 5.41) is 3.13. The van der Waals surface area contributed by atoms with Gasteiger partial charge in [-0.05, 0) is 31.1 Å². The molecule has 1 unspecified atom stereocenters. The van der Waals surface area contributed by atoms with Crippen molar-refractivity contribution in [1.29, 1.82) is 0 Å². The first-order valence-corrected chi connectivity index (χ1v) is 7.35. The second-order valence-electron chi connectivity index (χ2n) is 6.93. The molecule has 0 bridgehead atoms. The summed E-state index contributed by atoms with van der Waals surface area (Å²) in [7, 11) is 0. The van der Waals surface area contributed by atoms with Crippen LogP contribution in [-0.2, 0) is 4.79 Å². The fourth-order valence-electron chi connectivity index (χ4n) is 2.57. The molecular weight excluding hydrogens is 224 g/mol. The first-order valence-electron chi connectivity index (χ1n) is 7.35. The van der Waals surface area contributed by atoms with E-state index in [4.69, 9.17) is 5.73 Å². The fourth-order valence-corrected chi connectivity index (χ4v) is 2.57. The molecule has 0 aromatic rings. The van der Waals surface area contributed by atoms with Gasteiger partial charge in [-0.25, -0.2) is 0 Å². The van der Waals surface area contributed by atoms with Crippen LogP contribution >= 0.6 is 0 Å². The zero-order valence-corrected chi connectivity index (χ0v) is 12.5. The summed E-state index contributed by atoms with van der Waals surface area (Å²) < 4.78 is 0. The van der Waals surface area contributed by atoms with E-state index in [0.29, 0.717) is 18.4 Å². The largest absolute Gasteiger partial charge is 0.353 e. The molecule has 0 aromatic carbocycles. The Labute approximate surface area is 112 Å². The van der Waals surface area contributed by atoms with Gasteiger partial charge < -0.3 is 11.1 Å². The van der Waals surface area contributed by atoms with Crippen molar-refractivity contribution in [3.05, 3.63) is 0 Å². The zero-order valence-electron chi connectivity index (χ0n) is 12.5. The third-order valence-electron chi connectivity index (χ3n) is 4.26. The Morgan fingerprint density at radius 1 is 1.28 bits per heavy atom. The molecule has 18 heavy (non-hydrogen) atoms. The van der Waals surface area contributed by atoms with Crippen LogP contribution in [-0.4, -0.2) is 18.0 Å². The Kier molecular flexibility index (Phi) is 5.64. The molecule has 0 spiro atoms. The van der Waals surface area contributed by atoms with Crippen LogP contribution in [0.1, 0.15) is 66.2 Å². The molecule has 1 rings (SSSR count). The van der Waals surface area contributed by atoms with Gasteiger partial charge in [0.1, 0.15) is 0 Å². The van der Waals surface area contributed by atoms with E-state index < -0.39 is 0 Å². The van der Waals surface area contributed by atoms with Crippen molar-refractivity contribution in [1.82, 2.24) is 5.32 Å². The highest BCUT2D eigenvalue weighted by molar-refractivity contribution is 5.77. The van der Waals surface area contributed by atoms with Gasteiger partial charge in [-0.15, -0.1) is 0 Å². The molecule has 106 valence electrons. The van der Waals surface area contributed by atoms with E-state index in [2.05, 4.69) is 33.0 Å². The summed E-state index contributed by atoms with van der Waals surface area (Å²) in [5.74, 6) is 0.768. The SMILES string of the molecule is C[C@H](NC(=O)CC(N)C(C)(C)C)C1CCCCC1.